The lowest BCUT2D eigenvalue weighted by Crippen LogP contribution is -2.36. The summed E-state index contributed by atoms with van der Waals surface area (Å²) in [6, 6.07) is 13.8. The number of sulfonamides is 1. The van der Waals surface area contributed by atoms with Crippen molar-refractivity contribution in [2.24, 2.45) is 0 Å². The average molecular weight is 360 g/mol. The molecule has 25 heavy (non-hydrogen) atoms. The van der Waals surface area contributed by atoms with Crippen LogP contribution >= 0.6 is 0 Å². The van der Waals surface area contributed by atoms with Crippen LogP contribution in [0, 0.1) is 17.0 Å². The predicted octanol–water partition coefficient (Wildman–Crippen LogP) is 3.30. The molecule has 0 amide bonds. The van der Waals surface area contributed by atoms with Gasteiger partial charge in [0.05, 0.1) is 9.82 Å². The zero-order chi connectivity index (χ0) is 18.0. The Morgan fingerprint density at radius 3 is 2.60 bits per heavy atom. The summed E-state index contributed by atoms with van der Waals surface area (Å²) in [6.45, 7) is 2.05. The van der Waals surface area contributed by atoms with Gasteiger partial charge < -0.3 is 0 Å². The summed E-state index contributed by atoms with van der Waals surface area (Å²) in [5.41, 5.74) is 1.37. The second-order valence-electron chi connectivity index (χ2n) is 6.31. The molecule has 1 saturated heterocycles. The Hall–Kier alpha value is -2.25. The third kappa shape index (κ3) is 3.57. The molecule has 1 unspecified atom stereocenters. The van der Waals surface area contributed by atoms with Gasteiger partial charge in [-0.25, -0.2) is 8.42 Å². The van der Waals surface area contributed by atoms with Crippen LogP contribution in [0.1, 0.15) is 24.0 Å². The maximum absolute atomic E-state index is 13.0. The van der Waals surface area contributed by atoms with Crippen molar-refractivity contribution in [2.45, 2.75) is 37.1 Å². The molecular formula is C18H20N2O4S. The van der Waals surface area contributed by atoms with Crippen molar-refractivity contribution in [1.82, 2.24) is 4.31 Å². The van der Waals surface area contributed by atoms with Crippen LogP contribution in [0.2, 0.25) is 0 Å². The molecule has 2 aromatic rings. The van der Waals surface area contributed by atoms with Crippen LogP contribution in [-0.2, 0) is 16.4 Å². The number of nitrogens with zero attached hydrogens (tertiary/aromatic N) is 2. The first-order chi connectivity index (χ1) is 11.9. The first-order valence-corrected chi connectivity index (χ1v) is 9.64. The van der Waals surface area contributed by atoms with Gasteiger partial charge in [-0.15, -0.1) is 0 Å². The van der Waals surface area contributed by atoms with Crippen LogP contribution in [0.15, 0.2) is 53.4 Å². The smallest absolute Gasteiger partial charge is 0.258 e. The first kappa shape index (κ1) is 17.6. The normalized spacial score (nSPS) is 18.4. The number of nitro groups is 1. The minimum Gasteiger partial charge on any atom is -0.258 e. The quantitative estimate of drug-likeness (QED) is 0.605. The van der Waals surface area contributed by atoms with Crippen molar-refractivity contribution >= 4 is 15.7 Å². The van der Waals surface area contributed by atoms with Crippen LogP contribution in [-0.4, -0.2) is 30.2 Å². The molecule has 0 spiro atoms. The van der Waals surface area contributed by atoms with Crippen LogP contribution in [0.5, 0.6) is 0 Å². The Morgan fingerprint density at radius 1 is 1.20 bits per heavy atom. The van der Waals surface area contributed by atoms with Crippen molar-refractivity contribution in [2.75, 3.05) is 6.54 Å². The molecule has 7 heteroatoms. The predicted molar refractivity (Wildman–Crippen MR) is 94.9 cm³/mol. The van der Waals surface area contributed by atoms with E-state index in [0.717, 1.165) is 18.4 Å². The zero-order valence-corrected chi connectivity index (χ0v) is 14.8. The summed E-state index contributed by atoms with van der Waals surface area (Å²) in [5, 5.41) is 11.1. The number of aryl methyl sites for hydroxylation is 1. The fraction of sp³-hybridized carbons (Fsp3) is 0.333. The summed E-state index contributed by atoms with van der Waals surface area (Å²) in [4.78, 5) is 10.6. The lowest BCUT2D eigenvalue weighted by molar-refractivity contribution is -0.385. The molecule has 1 fully saturated rings. The second-order valence-corrected chi connectivity index (χ2v) is 8.20. The maximum Gasteiger partial charge on any atom is 0.273 e. The minimum absolute atomic E-state index is 0.00948. The van der Waals surface area contributed by atoms with Crippen LogP contribution in [0.3, 0.4) is 0 Å². The van der Waals surface area contributed by atoms with Crippen LogP contribution in [0.4, 0.5) is 5.69 Å². The van der Waals surface area contributed by atoms with Gasteiger partial charge in [0.15, 0.2) is 0 Å². The molecule has 132 valence electrons. The van der Waals surface area contributed by atoms with E-state index in [1.165, 1.54) is 22.5 Å². The Bertz CT molecular complexity index is 881. The van der Waals surface area contributed by atoms with Crippen molar-refractivity contribution in [1.29, 1.82) is 0 Å². The van der Waals surface area contributed by atoms with E-state index in [9.17, 15) is 18.5 Å². The van der Waals surface area contributed by atoms with Gasteiger partial charge in [-0.3, -0.25) is 10.1 Å². The van der Waals surface area contributed by atoms with Gasteiger partial charge in [-0.05, 0) is 37.8 Å². The molecule has 0 N–H and O–H groups in total. The molecule has 3 rings (SSSR count). The molecule has 2 aromatic carbocycles. The van der Waals surface area contributed by atoms with E-state index in [2.05, 4.69) is 0 Å². The largest absolute Gasteiger partial charge is 0.273 e. The molecule has 1 aliphatic rings. The van der Waals surface area contributed by atoms with Gasteiger partial charge >= 0.3 is 0 Å². The van der Waals surface area contributed by atoms with Crippen LogP contribution in [0.25, 0.3) is 0 Å². The number of hydrogen-bond donors (Lipinski definition) is 0. The summed E-state index contributed by atoms with van der Waals surface area (Å²) in [5.74, 6) is 0. The average Bonchev–Trinajstić information content (AvgIpc) is 3.04. The first-order valence-electron chi connectivity index (χ1n) is 8.20. The maximum atomic E-state index is 13.0. The molecule has 1 aliphatic heterocycles. The number of benzene rings is 2. The van der Waals surface area contributed by atoms with E-state index in [1.54, 1.807) is 6.92 Å². The highest BCUT2D eigenvalue weighted by molar-refractivity contribution is 7.89. The standard InChI is InChI=1S/C18H20N2O4S/c1-14-9-10-17(13-18(14)20(21)22)25(23,24)19-11-5-8-16(19)12-15-6-3-2-4-7-15/h2-4,6-7,9-10,13,16H,5,8,11-12H2,1H3. The van der Waals surface area contributed by atoms with Crippen molar-refractivity contribution in [3.8, 4) is 0 Å². The third-order valence-corrected chi connectivity index (χ3v) is 6.57. The molecule has 6 nitrogen and oxygen atoms in total. The summed E-state index contributed by atoms with van der Waals surface area (Å²) >= 11 is 0. The lowest BCUT2D eigenvalue weighted by atomic mass is 10.1. The lowest BCUT2D eigenvalue weighted by Gasteiger charge is -2.24. The SMILES string of the molecule is Cc1ccc(S(=O)(=O)N2CCCC2Cc2ccccc2)cc1[N+](=O)[O-]. The van der Waals surface area contributed by atoms with E-state index in [1.807, 2.05) is 30.3 Å². The van der Waals surface area contributed by atoms with Gasteiger partial charge in [0.2, 0.25) is 10.0 Å². The second kappa shape index (κ2) is 6.93. The molecule has 1 atom stereocenters. The Morgan fingerprint density at radius 2 is 1.92 bits per heavy atom. The Balaban J connectivity index is 1.91. The highest BCUT2D eigenvalue weighted by Crippen LogP contribution is 2.30. The van der Waals surface area contributed by atoms with E-state index in [0.29, 0.717) is 18.5 Å². The highest BCUT2D eigenvalue weighted by Gasteiger charge is 2.36. The van der Waals surface area contributed by atoms with E-state index >= 15 is 0 Å². The zero-order valence-electron chi connectivity index (χ0n) is 14.0. The summed E-state index contributed by atoms with van der Waals surface area (Å²) < 4.78 is 27.5. The fourth-order valence-corrected chi connectivity index (χ4v) is 5.01. The van der Waals surface area contributed by atoms with E-state index < -0.39 is 14.9 Å². The monoisotopic (exact) mass is 360 g/mol. The van der Waals surface area contributed by atoms with Crippen molar-refractivity contribution < 1.29 is 13.3 Å². The summed E-state index contributed by atoms with van der Waals surface area (Å²) in [7, 11) is -3.75. The number of rotatable bonds is 5. The molecule has 0 radical (unpaired) electrons. The Kier molecular flexibility index (Phi) is 4.87. The highest BCUT2D eigenvalue weighted by atomic mass is 32.2. The van der Waals surface area contributed by atoms with E-state index in [-0.39, 0.29) is 16.6 Å². The summed E-state index contributed by atoms with van der Waals surface area (Å²) in [6.07, 6.45) is 2.24. The molecule has 0 aliphatic carbocycles. The molecule has 1 heterocycles. The van der Waals surface area contributed by atoms with E-state index in [4.69, 9.17) is 0 Å². The van der Waals surface area contributed by atoms with Gasteiger partial charge in [0.25, 0.3) is 5.69 Å². The number of nitro benzene ring substituents is 1. The van der Waals surface area contributed by atoms with Gasteiger partial charge in [-0.2, -0.15) is 4.31 Å². The fourth-order valence-electron chi connectivity index (χ4n) is 3.30. The molecule has 0 saturated carbocycles. The Labute approximate surface area is 147 Å². The molecule has 0 bridgehead atoms. The molecule has 0 aromatic heterocycles. The van der Waals surface area contributed by atoms with Gasteiger partial charge in [0, 0.05) is 24.2 Å². The minimum atomic E-state index is -3.75. The number of hydrogen-bond acceptors (Lipinski definition) is 4. The topological polar surface area (TPSA) is 80.5 Å². The van der Waals surface area contributed by atoms with Gasteiger partial charge in [0.1, 0.15) is 0 Å². The van der Waals surface area contributed by atoms with Crippen molar-refractivity contribution in [3.63, 3.8) is 0 Å². The van der Waals surface area contributed by atoms with Gasteiger partial charge in [-0.1, -0.05) is 36.4 Å². The van der Waals surface area contributed by atoms with Crippen molar-refractivity contribution in [3.05, 3.63) is 69.8 Å². The molecular weight excluding hydrogens is 340 g/mol. The van der Waals surface area contributed by atoms with Crippen LogP contribution < -0.4 is 0 Å². The third-order valence-electron chi connectivity index (χ3n) is 4.62.